The normalized spacial score (nSPS) is 10.8. The third kappa shape index (κ3) is 1.84. The molecule has 6 heteroatoms. The molecule has 0 unspecified atom stereocenters. The molecule has 0 aliphatic carbocycles. The fourth-order valence-electron chi connectivity index (χ4n) is 1.96. The second-order valence-corrected chi connectivity index (χ2v) is 4.32. The summed E-state index contributed by atoms with van der Waals surface area (Å²) in [6.45, 7) is 0. The minimum absolute atomic E-state index is 0.0304. The van der Waals surface area contributed by atoms with Gasteiger partial charge in [-0.2, -0.15) is 5.10 Å². The number of rotatable bonds is 2. The number of halogens is 1. The van der Waals surface area contributed by atoms with Crippen molar-refractivity contribution in [3.63, 3.8) is 0 Å². The summed E-state index contributed by atoms with van der Waals surface area (Å²) in [6.07, 6.45) is 0. The zero-order valence-corrected chi connectivity index (χ0v) is 10.4. The lowest BCUT2D eigenvalue weighted by Gasteiger charge is -2.03. The summed E-state index contributed by atoms with van der Waals surface area (Å²) in [6, 6.07) is 13.7. The average Bonchev–Trinajstić information content (AvgIpc) is 2.76. The first-order valence-corrected chi connectivity index (χ1v) is 5.93. The first-order valence-electron chi connectivity index (χ1n) is 5.55. The molecule has 0 bridgehead atoms. The van der Waals surface area contributed by atoms with Crippen LogP contribution >= 0.6 is 11.6 Å². The van der Waals surface area contributed by atoms with Gasteiger partial charge < -0.3 is 0 Å². The van der Waals surface area contributed by atoms with Crippen molar-refractivity contribution in [3.8, 4) is 5.69 Å². The Balaban J connectivity index is 2.31. The molecule has 0 N–H and O–H groups in total. The van der Waals surface area contributed by atoms with Crippen LogP contribution in [-0.2, 0) is 0 Å². The highest BCUT2D eigenvalue weighted by Gasteiger charge is 2.18. The first kappa shape index (κ1) is 11.7. The van der Waals surface area contributed by atoms with E-state index in [4.69, 9.17) is 11.6 Å². The molecule has 0 spiro atoms. The minimum Gasteiger partial charge on any atom is -0.258 e. The van der Waals surface area contributed by atoms with Gasteiger partial charge in [-0.15, -0.1) is 0 Å². The van der Waals surface area contributed by atoms with E-state index in [-0.39, 0.29) is 5.69 Å². The molecule has 1 aromatic heterocycles. The number of nitro groups is 1. The fourth-order valence-corrected chi connectivity index (χ4v) is 2.25. The number of hydrogen-bond acceptors (Lipinski definition) is 3. The van der Waals surface area contributed by atoms with Crippen LogP contribution in [0.25, 0.3) is 16.6 Å². The Morgan fingerprint density at radius 3 is 2.53 bits per heavy atom. The molecule has 0 fully saturated rings. The molecule has 19 heavy (non-hydrogen) atoms. The summed E-state index contributed by atoms with van der Waals surface area (Å²) in [5, 5.41) is 16.5. The van der Waals surface area contributed by atoms with Gasteiger partial charge in [0.1, 0.15) is 10.8 Å². The predicted molar refractivity (Wildman–Crippen MR) is 72.7 cm³/mol. The van der Waals surface area contributed by atoms with Gasteiger partial charge in [-0.1, -0.05) is 35.9 Å². The van der Waals surface area contributed by atoms with Crippen molar-refractivity contribution in [1.82, 2.24) is 9.78 Å². The summed E-state index contributed by atoms with van der Waals surface area (Å²) < 4.78 is 1.39. The summed E-state index contributed by atoms with van der Waals surface area (Å²) in [5.74, 6) is 0. The summed E-state index contributed by atoms with van der Waals surface area (Å²) in [4.78, 5) is 10.6. The standard InChI is InChI=1S/C13H8ClN3O2/c14-13-9-5-1-2-6-10(9)15-16(13)11-7-3-4-8-12(11)17(18)19/h1-8H. The lowest BCUT2D eigenvalue weighted by Crippen LogP contribution is -2.01. The van der Waals surface area contributed by atoms with Crippen LogP contribution in [-0.4, -0.2) is 14.7 Å². The van der Waals surface area contributed by atoms with Gasteiger partial charge in [0.2, 0.25) is 0 Å². The third-order valence-corrected chi connectivity index (χ3v) is 3.19. The van der Waals surface area contributed by atoms with Crippen LogP contribution in [0.4, 0.5) is 5.69 Å². The van der Waals surface area contributed by atoms with Crippen LogP contribution in [0.2, 0.25) is 5.15 Å². The second kappa shape index (κ2) is 4.37. The summed E-state index contributed by atoms with van der Waals surface area (Å²) in [5.41, 5.74) is 1.02. The Kier molecular flexibility index (Phi) is 2.68. The van der Waals surface area contributed by atoms with Crippen molar-refractivity contribution in [2.45, 2.75) is 0 Å². The number of hydrogen-bond donors (Lipinski definition) is 0. The predicted octanol–water partition coefficient (Wildman–Crippen LogP) is 3.59. The molecule has 0 aliphatic heterocycles. The Labute approximate surface area is 113 Å². The molecule has 0 radical (unpaired) electrons. The van der Waals surface area contributed by atoms with Crippen LogP contribution in [0.1, 0.15) is 0 Å². The van der Waals surface area contributed by atoms with Crippen LogP contribution in [0.15, 0.2) is 48.5 Å². The molecule has 0 saturated carbocycles. The minimum atomic E-state index is -0.446. The Morgan fingerprint density at radius 1 is 1.11 bits per heavy atom. The molecule has 3 aromatic rings. The lowest BCUT2D eigenvalue weighted by molar-refractivity contribution is -0.384. The number of fused-ring (bicyclic) bond motifs is 1. The monoisotopic (exact) mass is 273 g/mol. The largest absolute Gasteiger partial charge is 0.294 e. The van der Waals surface area contributed by atoms with Gasteiger partial charge in [-0.3, -0.25) is 10.1 Å². The number of benzene rings is 2. The fraction of sp³-hybridized carbons (Fsp3) is 0. The summed E-state index contributed by atoms with van der Waals surface area (Å²) in [7, 11) is 0. The maximum atomic E-state index is 11.0. The molecule has 3 rings (SSSR count). The molecule has 0 amide bonds. The van der Waals surface area contributed by atoms with E-state index in [0.29, 0.717) is 16.4 Å². The quantitative estimate of drug-likeness (QED) is 0.529. The zero-order valence-electron chi connectivity index (χ0n) is 9.65. The van der Waals surface area contributed by atoms with Crippen molar-refractivity contribution in [1.29, 1.82) is 0 Å². The lowest BCUT2D eigenvalue weighted by atomic mass is 10.2. The van der Waals surface area contributed by atoms with Crippen molar-refractivity contribution >= 4 is 28.2 Å². The Bertz CT molecular complexity index is 782. The van der Waals surface area contributed by atoms with Gasteiger partial charge >= 0.3 is 0 Å². The van der Waals surface area contributed by atoms with E-state index in [0.717, 1.165) is 5.39 Å². The molecule has 1 heterocycles. The molecule has 0 saturated heterocycles. The molecule has 2 aromatic carbocycles. The maximum absolute atomic E-state index is 11.0. The van der Waals surface area contributed by atoms with E-state index < -0.39 is 4.92 Å². The zero-order chi connectivity index (χ0) is 13.4. The van der Waals surface area contributed by atoms with E-state index >= 15 is 0 Å². The van der Waals surface area contributed by atoms with E-state index in [2.05, 4.69) is 5.10 Å². The van der Waals surface area contributed by atoms with Crippen molar-refractivity contribution in [2.75, 3.05) is 0 Å². The molecule has 5 nitrogen and oxygen atoms in total. The van der Waals surface area contributed by atoms with Crippen molar-refractivity contribution in [3.05, 3.63) is 63.8 Å². The molecular formula is C13H8ClN3O2. The van der Waals surface area contributed by atoms with Gasteiger partial charge in [-0.05, 0) is 18.2 Å². The summed E-state index contributed by atoms with van der Waals surface area (Å²) >= 11 is 6.25. The second-order valence-electron chi connectivity index (χ2n) is 3.97. The highest BCUT2D eigenvalue weighted by atomic mass is 35.5. The molecular weight excluding hydrogens is 266 g/mol. The maximum Gasteiger partial charge on any atom is 0.294 e. The molecule has 0 atom stereocenters. The van der Waals surface area contributed by atoms with Crippen molar-refractivity contribution in [2.24, 2.45) is 0 Å². The number of aromatic nitrogens is 2. The van der Waals surface area contributed by atoms with Crippen molar-refractivity contribution < 1.29 is 4.92 Å². The van der Waals surface area contributed by atoms with E-state index in [1.165, 1.54) is 10.7 Å². The number of para-hydroxylation sites is 2. The van der Waals surface area contributed by atoms with Gasteiger partial charge in [0.25, 0.3) is 5.69 Å². The SMILES string of the molecule is O=[N+]([O-])c1ccccc1-n1nc2ccccc2c1Cl. The third-order valence-electron chi connectivity index (χ3n) is 2.83. The topological polar surface area (TPSA) is 61.0 Å². The number of nitrogens with zero attached hydrogens (tertiary/aromatic N) is 3. The van der Waals surface area contributed by atoms with E-state index in [1.54, 1.807) is 18.2 Å². The van der Waals surface area contributed by atoms with Crippen LogP contribution in [0.3, 0.4) is 0 Å². The average molecular weight is 274 g/mol. The molecule has 0 aliphatic rings. The Hall–Kier alpha value is -2.40. The van der Waals surface area contributed by atoms with Crippen LogP contribution in [0.5, 0.6) is 0 Å². The highest BCUT2D eigenvalue weighted by Crippen LogP contribution is 2.30. The Morgan fingerprint density at radius 2 is 1.79 bits per heavy atom. The van der Waals surface area contributed by atoms with Gasteiger partial charge in [0.15, 0.2) is 0 Å². The van der Waals surface area contributed by atoms with Crippen LogP contribution < -0.4 is 0 Å². The molecule has 94 valence electrons. The van der Waals surface area contributed by atoms with Crippen LogP contribution in [0, 0.1) is 10.1 Å². The van der Waals surface area contributed by atoms with E-state index in [1.807, 2.05) is 24.3 Å². The first-order chi connectivity index (χ1) is 9.18. The highest BCUT2D eigenvalue weighted by molar-refractivity contribution is 6.34. The van der Waals surface area contributed by atoms with Gasteiger partial charge in [-0.25, -0.2) is 4.68 Å². The van der Waals surface area contributed by atoms with Gasteiger partial charge in [0, 0.05) is 11.5 Å². The van der Waals surface area contributed by atoms with Gasteiger partial charge in [0.05, 0.1) is 10.4 Å². The van der Waals surface area contributed by atoms with E-state index in [9.17, 15) is 10.1 Å². The number of nitro benzene ring substituents is 1. The smallest absolute Gasteiger partial charge is 0.258 e.